The van der Waals surface area contributed by atoms with Crippen molar-refractivity contribution in [1.82, 2.24) is 10.2 Å². The number of carbonyl (C=O) groups excluding carboxylic acids is 2. The van der Waals surface area contributed by atoms with Crippen LogP contribution in [0.1, 0.15) is 49.7 Å². The van der Waals surface area contributed by atoms with E-state index >= 15 is 0 Å². The third kappa shape index (κ3) is 5.28. The Bertz CT molecular complexity index is 866. The zero-order chi connectivity index (χ0) is 20.8. The van der Waals surface area contributed by atoms with E-state index in [9.17, 15) is 9.59 Å². The molecule has 1 aromatic heterocycles. The molecule has 6 nitrogen and oxygen atoms in total. The fraction of sp³-hybridized carbons (Fsp3) is 0.478. The zero-order valence-electron chi connectivity index (χ0n) is 17.2. The van der Waals surface area contributed by atoms with E-state index in [-0.39, 0.29) is 11.8 Å². The van der Waals surface area contributed by atoms with E-state index in [4.69, 9.17) is 4.74 Å². The average Bonchev–Trinajstić information content (AvgIpc) is 3.22. The number of nitrogens with zero attached hydrogens (tertiary/aromatic N) is 1. The molecule has 1 aromatic carbocycles. The number of amides is 2. The van der Waals surface area contributed by atoms with Crippen molar-refractivity contribution in [1.29, 1.82) is 0 Å². The summed E-state index contributed by atoms with van der Waals surface area (Å²) in [5, 5.41) is 5.93. The van der Waals surface area contributed by atoms with E-state index in [0.717, 1.165) is 57.0 Å². The molecule has 1 fully saturated rings. The number of benzene rings is 1. The van der Waals surface area contributed by atoms with E-state index in [1.807, 2.05) is 18.2 Å². The topological polar surface area (TPSA) is 70.7 Å². The number of hydrogen-bond acceptors (Lipinski definition) is 5. The second-order valence-corrected chi connectivity index (χ2v) is 8.97. The van der Waals surface area contributed by atoms with E-state index in [1.54, 1.807) is 23.5 Å². The molecule has 0 unspecified atom stereocenters. The second-order valence-electron chi connectivity index (χ2n) is 7.83. The third-order valence-electron chi connectivity index (χ3n) is 5.68. The van der Waals surface area contributed by atoms with Crippen LogP contribution < -0.4 is 10.6 Å². The molecule has 0 saturated carbocycles. The minimum Gasteiger partial charge on any atom is -0.379 e. The van der Waals surface area contributed by atoms with Crippen molar-refractivity contribution in [2.75, 3.05) is 44.7 Å². The fourth-order valence-electron chi connectivity index (χ4n) is 4.00. The number of aryl methyl sites for hydroxylation is 2. The van der Waals surface area contributed by atoms with Gasteiger partial charge in [0.25, 0.3) is 11.8 Å². The molecule has 2 aliphatic rings. The lowest BCUT2D eigenvalue weighted by Gasteiger charge is -2.26. The van der Waals surface area contributed by atoms with Gasteiger partial charge in [-0.05, 0) is 62.4 Å². The molecule has 7 heteroatoms. The van der Waals surface area contributed by atoms with Gasteiger partial charge < -0.3 is 15.4 Å². The molecular weight excluding hydrogens is 398 g/mol. The summed E-state index contributed by atoms with van der Waals surface area (Å²) in [5.74, 6) is -0.291. The summed E-state index contributed by atoms with van der Waals surface area (Å²) in [4.78, 5) is 29.9. The Kier molecular flexibility index (Phi) is 7.15. The molecule has 160 valence electrons. The van der Waals surface area contributed by atoms with E-state index < -0.39 is 0 Å². The Hall–Kier alpha value is -2.22. The Morgan fingerprint density at radius 3 is 2.70 bits per heavy atom. The first-order chi connectivity index (χ1) is 14.7. The van der Waals surface area contributed by atoms with Crippen molar-refractivity contribution in [3.05, 3.63) is 51.2 Å². The van der Waals surface area contributed by atoms with Gasteiger partial charge in [0, 0.05) is 24.5 Å². The third-order valence-corrected chi connectivity index (χ3v) is 6.92. The summed E-state index contributed by atoms with van der Waals surface area (Å²) < 4.78 is 5.36. The Morgan fingerprint density at radius 2 is 1.87 bits per heavy atom. The van der Waals surface area contributed by atoms with E-state index in [1.165, 1.54) is 23.3 Å². The molecule has 1 aliphatic carbocycles. The zero-order valence-corrected chi connectivity index (χ0v) is 18.1. The first-order valence-electron chi connectivity index (χ1n) is 10.8. The normalized spacial score (nSPS) is 16.7. The maximum atomic E-state index is 12.8. The van der Waals surface area contributed by atoms with Gasteiger partial charge in [0.2, 0.25) is 0 Å². The van der Waals surface area contributed by atoms with Crippen LogP contribution in [0.4, 0.5) is 5.69 Å². The number of hydrogen-bond donors (Lipinski definition) is 2. The molecule has 0 spiro atoms. The highest BCUT2D eigenvalue weighted by molar-refractivity contribution is 7.14. The first kappa shape index (κ1) is 21.0. The quantitative estimate of drug-likeness (QED) is 0.665. The molecule has 1 saturated heterocycles. The highest BCUT2D eigenvalue weighted by Crippen LogP contribution is 2.30. The summed E-state index contributed by atoms with van der Waals surface area (Å²) in [6.07, 6.45) is 5.41. The standard InChI is InChI=1S/C23H29N3O3S/c27-22(24-10-5-11-26-12-14-29-15-13-26)18-7-2-3-8-19(18)25-23(28)21-16-17-6-1-4-9-20(17)30-21/h2-3,7-8,16H,1,4-6,9-15H2,(H,24,27)(H,25,28). The van der Waals surface area contributed by atoms with Gasteiger partial charge in [-0.3, -0.25) is 14.5 Å². The number of para-hydroxylation sites is 1. The lowest BCUT2D eigenvalue weighted by atomic mass is 9.99. The molecule has 0 atom stereocenters. The largest absolute Gasteiger partial charge is 0.379 e. The number of morpholine rings is 1. The number of carbonyl (C=O) groups is 2. The number of fused-ring (bicyclic) bond motifs is 1. The van der Waals surface area contributed by atoms with Crippen molar-refractivity contribution in [2.45, 2.75) is 32.1 Å². The number of anilines is 1. The maximum Gasteiger partial charge on any atom is 0.265 e. The molecule has 4 rings (SSSR count). The smallest absolute Gasteiger partial charge is 0.265 e. The summed E-state index contributed by atoms with van der Waals surface area (Å²) in [7, 11) is 0. The van der Waals surface area contributed by atoms with Crippen molar-refractivity contribution >= 4 is 28.8 Å². The van der Waals surface area contributed by atoms with Crippen molar-refractivity contribution in [3.63, 3.8) is 0 Å². The van der Waals surface area contributed by atoms with Gasteiger partial charge >= 0.3 is 0 Å². The molecule has 30 heavy (non-hydrogen) atoms. The van der Waals surface area contributed by atoms with Gasteiger partial charge in [-0.1, -0.05) is 12.1 Å². The monoisotopic (exact) mass is 427 g/mol. The number of thiophene rings is 1. The summed E-state index contributed by atoms with van der Waals surface area (Å²) in [5.41, 5.74) is 2.36. The predicted molar refractivity (Wildman–Crippen MR) is 120 cm³/mol. The predicted octanol–water partition coefficient (Wildman–Crippen LogP) is 3.33. The van der Waals surface area contributed by atoms with Crippen LogP contribution in [0, 0.1) is 0 Å². The van der Waals surface area contributed by atoms with Crippen LogP contribution in [-0.2, 0) is 17.6 Å². The summed E-state index contributed by atoms with van der Waals surface area (Å²) >= 11 is 1.58. The van der Waals surface area contributed by atoms with E-state index in [0.29, 0.717) is 17.8 Å². The van der Waals surface area contributed by atoms with Crippen LogP contribution in [0.3, 0.4) is 0 Å². The van der Waals surface area contributed by atoms with Gasteiger partial charge in [0.05, 0.1) is 29.3 Å². The summed E-state index contributed by atoms with van der Waals surface area (Å²) in [6, 6.07) is 9.22. The molecule has 2 aromatic rings. The van der Waals surface area contributed by atoms with E-state index in [2.05, 4.69) is 15.5 Å². The van der Waals surface area contributed by atoms with Crippen LogP contribution >= 0.6 is 11.3 Å². The van der Waals surface area contributed by atoms with Gasteiger partial charge in [0.1, 0.15) is 0 Å². The Balaban J connectivity index is 1.33. The van der Waals surface area contributed by atoms with Gasteiger partial charge in [-0.2, -0.15) is 0 Å². The Morgan fingerprint density at radius 1 is 1.07 bits per heavy atom. The minimum absolute atomic E-state index is 0.137. The fourth-order valence-corrected chi connectivity index (χ4v) is 5.15. The first-order valence-corrected chi connectivity index (χ1v) is 11.6. The second kappa shape index (κ2) is 10.2. The molecular formula is C23H29N3O3S. The molecule has 1 aliphatic heterocycles. The van der Waals surface area contributed by atoms with Crippen LogP contribution in [0.5, 0.6) is 0 Å². The van der Waals surface area contributed by atoms with Crippen LogP contribution in [-0.4, -0.2) is 56.1 Å². The Labute approximate surface area is 181 Å². The summed E-state index contributed by atoms with van der Waals surface area (Å²) in [6.45, 7) is 5.03. The SMILES string of the molecule is O=C(Nc1ccccc1C(=O)NCCCN1CCOCC1)c1cc2c(s1)CCCC2. The number of nitrogens with one attached hydrogen (secondary N) is 2. The molecule has 0 radical (unpaired) electrons. The van der Waals surface area contributed by atoms with Crippen LogP contribution in [0.15, 0.2) is 30.3 Å². The van der Waals surface area contributed by atoms with Gasteiger partial charge in [0.15, 0.2) is 0 Å². The number of rotatable bonds is 7. The maximum absolute atomic E-state index is 12.8. The van der Waals surface area contributed by atoms with Crippen molar-refractivity contribution in [3.8, 4) is 0 Å². The molecule has 0 bridgehead atoms. The molecule has 2 N–H and O–H groups in total. The van der Waals surface area contributed by atoms with Gasteiger partial charge in [-0.25, -0.2) is 0 Å². The lowest BCUT2D eigenvalue weighted by Crippen LogP contribution is -2.38. The highest BCUT2D eigenvalue weighted by Gasteiger charge is 2.19. The lowest BCUT2D eigenvalue weighted by molar-refractivity contribution is 0.0374. The van der Waals surface area contributed by atoms with Crippen LogP contribution in [0.2, 0.25) is 0 Å². The molecule has 2 heterocycles. The highest BCUT2D eigenvalue weighted by atomic mass is 32.1. The average molecular weight is 428 g/mol. The van der Waals surface area contributed by atoms with Gasteiger partial charge in [-0.15, -0.1) is 11.3 Å². The van der Waals surface area contributed by atoms with Crippen LogP contribution in [0.25, 0.3) is 0 Å². The minimum atomic E-state index is -0.154. The van der Waals surface area contributed by atoms with Crippen molar-refractivity contribution in [2.24, 2.45) is 0 Å². The molecule has 2 amide bonds. The van der Waals surface area contributed by atoms with Crippen molar-refractivity contribution < 1.29 is 14.3 Å². The number of ether oxygens (including phenoxy) is 1.